The standard InChI is InChI=1S/C24H24N4O/c1-16-8-9-17(2)20(14-16)15-28-22-7-5-4-6-21(22)27-23(28)18(3)26-24(29)19-10-12-25-13-11-19/h4-14,18H,15H2,1-3H3,(H,26,29). The highest BCUT2D eigenvalue weighted by molar-refractivity contribution is 5.94. The van der Waals surface area contributed by atoms with Crippen LogP contribution >= 0.6 is 0 Å². The fourth-order valence-electron chi connectivity index (χ4n) is 3.58. The molecule has 4 aromatic rings. The van der Waals surface area contributed by atoms with Gasteiger partial charge in [-0.25, -0.2) is 4.98 Å². The summed E-state index contributed by atoms with van der Waals surface area (Å²) >= 11 is 0. The molecule has 0 spiro atoms. The van der Waals surface area contributed by atoms with Crippen molar-refractivity contribution in [1.29, 1.82) is 0 Å². The minimum atomic E-state index is -0.242. The van der Waals surface area contributed by atoms with Crippen LogP contribution in [0.15, 0.2) is 67.0 Å². The molecule has 0 saturated carbocycles. The zero-order chi connectivity index (χ0) is 20.4. The molecular weight excluding hydrogens is 360 g/mol. The van der Waals surface area contributed by atoms with Crippen molar-refractivity contribution in [2.24, 2.45) is 0 Å². The molecule has 0 bridgehead atoms. The van der Waals surface area contributed by atoms with E-state index in [2.05, 4.69) is 53.0 Å². The van der Waals surface area contributed by atoms with Crippen LogP contribution in [0.1, 0.15) is 45.8 Å². The molecule has 1 N–H and O–H groups in total. The van der Waals surface area contributed by atoms with Crippen molar-refractivity contribution in [3.05, 3.63) is 95.1 Å². The highest BCUT2D eigenvalue weighted by Crippen LogP contribution is 2.24. The molecule has 0 fully saturated rings. The lowest BCUT2D eigenvalue weighted by atomic mass is 10.1. The average molecular weight is 384 g/mol. The number of aromatic nitrogens is 3. The van der Waals surface area contributed by atoms with Crippen molar-refractivity contribution in [3.63, 3.8) is 0 Å². The first kappa shape index (κ1) is 18.9. The van der Waals surface area contributed by atoms with Gasteiger partial charge in [0.15, 0.2) is 0 Å². The molecular formula is C24H24N4O. The summed E-state index contributed by atoms with van der Waals surface area (Å²) in [5.74, 6) is 0.708. The summed E-state index contributed by atoms with van der Waals surface area (Å²) < 4.78 is 2.20. The number of pyridine rings is 1. The number of aryl methyl sites for hydroxylation is 2. The lowest BCUT2D eigenvalue weighted by Gasteiger charge is -2.17. The van der Waals surface area contributed by atoms with Gasteiger partial charge in [0, 0.05) is 24.5 Å². The van der Waals surface area contributed by atoms with Gasteiger partial charge in [-0.1, -0.05) is 35.9 Å². The summed E-state index contributed by atoms with van der Waals surface area (Å²) in [4.78, 5) is 21.5. The van der Waals surface area contributed by atoms with Gasteiger partial charge in [-0.2, -0.15) is 0 Å². The molecule has 0 saturated heterocycles. The Balaban J connectivity index is 1.71. The lowest BCUT2D eigenvalue weighted by Crippen LogP contribution is -2.29. The van der Waals surface area contributed by atoms with E-state index in [1.165, 1.54) is 16.7 Å². The number of benzene rings is 2. The van der Waals surface area contributed by atoms with Crippen LogP contribution in [0.5, 0.6) is 0 Å². The normalized spacial score (nSPS) is 12.1. The predicted octanol–water partition coefficient (Wildman–Crippen LogP) is 4.59. The summed E-state index contributed by atoms with van der Waals surface area (Å²) in [6, 6.07) is 17.8. The highest BCUT2D eigenvalue weighted by atomic mass is 16.1. The van der Waals surface area contributed by atoms with Gasteiger partial charge in [-0.15, -0.1) is 0 Å². The molecule has 0 aliphatic carbocycles. The number of imidazole rings is 1. The van der Waals surface area contributed by atoms with Crippen LogP contribution < -0.4 is 5.32 Å². The van der Waals surface area contributed by atoms with E-state index in [9.17, 15) is 4.79 Å². The number of rotatable bonds is 5. The van der Waals surface area contributed by atoms with E-state index in [4.69, 9.17) is 4.98 Å². The number of nitrogens with zero attached hydrogens (tertiary/aromatic N) is 3. The van der Waals surface area contributed by atoms with Gasteiger partial charge in [0.05, 0.1) is 17.1 Å². The maximum Gasteiger partial charge on any atom is 0.251 e. The van der Waals surface area contributed by atoms with Crippen LogP contribution in [0.2, 0.25) is 0 Å². The first-order chi connectivity index (χ1) is 14.0. The number of hydrogen-bond donors (Lipinski definition) is 1. The van der Waals surface area contributed by atoms with Gasteiger partial charge in [-0.05, 0) is 56.2 Å². The summed E-state index contributed by atoms with van der Waals surface area (Å²) in [6.45, 7) is 6.91. The van der Waals surface area contributed by atoms with Crippen molar-refractivity contribution in [1.82, 2.24) is 19.9 Å². The van der Waals surface area contributed by atoms with Gasteiger partial charge >= 0.3 is 0 Å². The molecule has 4 rings (SSSR count). The first-order valence-corrected chi connectivity index (χ1v) is 9.75. The van der Waals surface area contributed by atoms with Gasteiger partial charge in [0.25, 0.3) is 5.91 Å². The topological polar surface area (TPSA) is 59.8 Å². The second-order valence-electron chi connectivity index (χ2n) is 7.41. The monoisotopic (exact) mass is 384 g/mol. The molecule has 1 unspecified atom stereocenters. The Kier molecular flexibility index (Phi) is 5.12. The Morgan fingerprint density at radius 3 is 2.62 bits per heavy atom. The average Bonchev–Trinajstić information content (AvgIpc) is 3.10. The van der Waals surface area contributed by atoms with E-state index in [1.54, 1.807) is 24.5 Å². The van der Waals surface area contributed by atoms with Crippen LogP contribution in [0.3, 0.4) is 0 Å². The van der Waals surface area contributed by atoms with Crippen molar-refractivity contribution in [3.8, 4) is 0 Å². The molecule has 146 valence electrons. The van der Waals surface area contributed by atoms with E-state index >= 15 is 0 Å². The number of carbonyl (C=O) groups is 1. The van der Waals surface area contributed by atoms with E-state index < -0.39 is 0 Å². The third-order valence-electron chi connectivity index (χ3n) is 5.19. The number of carbonyl (C=O) groups excluding carboxylic acids is 1. The summed E-state index contributed by atoms with van der Waals surface area (Å²) in [7, 11) is 0. The summed E-state index contributed by atoms with van der Waals surface area (Å²) in [5.41, 5.74) is 6.31. The van der Waals surface area contributed by atoms with Crippen LogP contribution in [0, 0.1) is 13.8 Å². The Bertz CT molecular complexity index is 1160. The third kappa shape index (κ3) is 3.90. The van der Waals surface area contributed by atoms with Gasteiger partial charge in [0.1, 0.15) is 5.82 Å². The number of amides is 1. The molecule has 5 heteroatoms. The minimum Gasteiger partial charge on any atom is -0.342 e. The summed E-state index contributed by atoms with van der Waals surface area (Å²) in [5, 5.41) is 3.08. The molecule has 1 atom stereocenters. The van der Waals surface area contributed by atoms with E-state index in [0.717, 1.165) is 16.9 Å². The third-order valence-corrected chi connectivity index (χ3v) is 5.19. The van der Waals surface area contributed by atoms with Crippen molar-refractivity contribution >= 4 is 16.9 Å². The van der Waals surface area contributed by atoms with Crippen molar-refractivity contribution in [2.45, 2.75) is 33.4 Å². The molecule has 2 heterocycles. The molecule has 0 aliphatic heterocycles. The van der Waals surface area contributed by atoms with E-state index in [1.807, 2.05) is 25.1 Å². The van der Waals surface area contributed by atoms with Gasteiger partial charge < -0.3 is 9.88 Å². The number of hydrogen-bond acceptors (Lipinski definition) is 3. The lowest BCUT2D eigenvalue weighted by molar-refractivity contribution is 0.0937. The number of para-hydroxylation sites is 2. The van der Waals surface area contributed by atoms with Crippen LogP contribution in [-0.4, -0.2) is 20.4 Å². The SMILES string of the molecule is Cc1ccc(C)c(Cn2c(C(C)NC(=O)c3ccncc3)nc3ccccc32)c1. The smallest absolute Gasteiger partial charge is 0.251 e. The fourth-order valence-corrected chi connectivity index (χ4v) is 3.58. The van der Waals surface area contributed by atoms with Crippen LogP contribution in [-0.2, 0) is 6.54 Å². The molecule has 29 heavy (non-hydrogen) atoms. The molecule has 0 radical (unpaired) electrons. The number of fused-ring (bicyclic) bond motifs is 1. The first-order valence-electron chi connectivity index (χ1n) is 9.75. The zero-order valence-electron chi connectivity index (χ0n) is 16.9. The van der Waals surface area contributed by atoms with E-state index in [-0.39, 0.29) is 11.9 Å². The second kappa shape index (κ2) is 7.87. The van der Waals surface area contributed by atoms with Crippen molar-refractivity contribution < 1.29 is 4.79 Å². The maximum absolute atomic E-state index is 12.6. The fraction of sp³-hybridized carbons (Fsp3) is 0.208. The van der Waals surface area contributed by atoms with E-state index in [0.29, 0.717) is 12.1 Å². The Morgan fingerprint density at radius 2 is 1.83 bits per heavy atom. The van der Waals surface area contributed by atoms with Gasteiger partial charge in [-0.3, -0.25) is 9.78 Å². The van der Waals surface area contributed by atoms with Crippen molar-refractivity contribution in [2.75, 3.05) is 0 Å². The van der Waals surface area contributed by atoms with Gasteiger partial charge in [0.2, 0.25) is 0 Å². The maximum atomic E-state index is 12.6. The largest absolute Gasteiger partial charge is 0.342 e. The van der Waals surface area contributed by atoms with Crippen LogP contribution in [0.4, 0.5) is 0 Å². The van der Waals surface area contributed by atoms with Crippen LogP contribution in [0.25, 0.3) is 11.0 Å². The zero-order valence-corrected chi connectivity index (χ0v) is 16.9. The number of nitrogens with one attached hydrogen (secondary N) is 1. The highest BCUT2D eigenvalue weighted by Gasteiger charge is 2.19. The molecule has 5 nitrogen and oxygen atoms in total. The molecule has 2 aromatic heterocycles. The quantitative estimate of drug-likeness (QED) is 0.548. The Morgan fingerprint density at radius 1 is 1.07 bits per heavy atom. The Labute approximate surface area is 170 Å². The summed E-state index contributed by atoms with van der Waals surface area (Å²) in [6.07, 6.45) is 3.24. The minimum absolute atomic E-state index is 0.134. The molecule has 0 aliphatic rings. The predicted molar refractivity (Wildman–Crippen MR) is 115 cm³/mol. The Hall–Kier alpha value is -3.47. The molecule has 2 aromatic carbocycles. The second-order valence-corrected chi connectivity index (χ2v) is 7.41. The molecule has 1 amide bonds.